The fraction of sp³-hybridized carbons (Fsp3) is 0.0317. The Bertz CT molecular complexity index is 5010. The molecule has 3 amide bonds. The SMILES string of the molecule is O=C1CC(=O)C2=C(C1)C(=O)c1ccc3c(c1=C2)=Nc1c-3ccc2c(=O)c3c(NC(=O)c4ccccc4)cc4c5ccc6c(=O)c7c(NC(=O)c8ccccc8)ccc(NC(=O)c8ccccc8)c7c(=O)c6c5nc4c3cc12. The first-order chi connectivity index (χ1) is 37.4. The summed E-state index contributed by atoms with van der Waals surface area (Å²) in [5.41, 5.74) is 2.11. The molecule has 11 aromatic rings. The number of carbonyl (C=O) groups excluding carboxylic acids is 6. The molecule has 0 unspecified atom stereocenters. The van der Waals surface area contributed by atoms with Crippen LogP contribution < -0.4 is 42.8 Å². The second kappa shape index (κ2) is 16.6. The molecule has 77 heavy (non-hydrogen) atoms. The van der Waals surface area contributed by atoms with Gasteiger partial charge in [0.15, 0.2) is 27.9 Å². The van der Waals surface area contributed by atoms with Crippen LogP contribution in [-0.2, 0) is 9.59 Å². The Labute approximate surface area is 432 Å². The second-order valence-corrected chi connectivity index (χ2v) is 19.2. The van der Waals surface area contributed by atoms with Crippen molar-refractivity contribution in [3.05, 3.63) is 226 Å². The molecule has 1 aromatic heterocycles. The monoisotopic (exact) mass is 1000 g/mol. The van der Waals surface area contributed by atoms with Crippen LogP contribution in [0.2, 0.25) is 0 Å². The standard InChI is InChI=1S/C63H33N5O9/c69-32-24-43-39(48(70)25-32)26-40-36(57(43)71)19-16-33-34-17-20-37-41(54(34)67-53(33)40)27-44-49(58(37)72)47(66-63(77)31-14-8-3-9-15-31)28-42-35-18-21-38-50(56(35)68-55(42)44)60(74)52-46(65-62(76)30-12-6-2-7-13-30)23-22-45(51(52)59(38)73)64-61(75)29-10-4-1-5-11-29/h1-23,26-28H,24-25H2,(H,64,75)(H,65,76)(H,66,77). The fourth-order valence-corrected chi connectivity index (χ4v) is 11.3. The summed E-state index contributed by atoms with van der Waals surface area (Å²) in [6.07, 6.45) is 1.20. The number of anilines is 3. The predicted molar refractivity (Wildman–Crippen MR) is 295 cm³/mol. The molecule has 0 spiro atoms. The van der Waals surface area contributed by atoms with Gasteiger partial charge in [0.2, 0.25) is 0 Å². The highest BCUT2D eigenvalue weighted by atomic mass is 16.2. The van der Waals surface area contributed by atoms with E-state index in [1.54, 1.807) is 140 Å². The number of nitrogens with zero attached hydrogens (tertiary/aromatic N) is 2. The maximum atomic E-state index is 15.5. The van der Waals surface area contributed by atoms with Crippen LogP contribution in [0.4, 0.5) is 22.7 Å². The lowest BCUT2D eigenvalue weighted by molar-refractivity contribution is -0.125. The number of hydrogen-bond donors (Lipinski definition) is 3. The summed E-state index contributed by atoms with van der Waals surface area (Å²) < 4.78 is 0. The minimum absolute atomic E-state index is 0.0157. The summed E-state index contributed by atoms with van der Waals surface area (Å²) in [5.74, 6) is -2.76. The van der Waals surface area contributed by atoms with Gasteiger partial charge in [-0.15, -0.1) is 0 Å². The van der Waals surface area contributed by atoms with Crippen molar-refractivity contribution >= 4 is 129 Å². The number of aromatic nitrogens is 1. The molecule has 3 aliphatic rings. The van der Waals surface area contributed by atoms with Crippen molar-refractivity contribution in [2.75, 3.05) is 16.0 Å². The van der Waals surface area contributed by atoms with Crippen LogP contribution in [0.1, 0.15) is 54.3 Å². The number of nitrogens with one attached hydrogen (secondary N) is 3. The Balaban J connectivity index is 1.04. The highest BCUT2D eigenvalue weighted by molar-refractivity contribution is 6.30. The van der Waals surface area contributed by atoms with E-state index < -0.39 is 45.6 Å². The molecule has 0 fully saturated rings. The first-order valence-corrected chi connectivity index (χ1v) is 24.5. The third-order valence-corrected chi connectivity index (χ3v) is 14.9. The predicted octanol–water partition coefficient (Wildman–Crippen LogP) is 8.85. The van der Waals surface area contributed by atoms with Gasteiger partial charge in [-0.1, -0.05) is 72.8 Å². The molecule has 10 aromatic carbocycles. The lowest BCUT2D eigenvalue weighted by Gasteiger charge is -2.19. The van der Waals surface area contributed by atoms with Crippen LogP contribution in [-0.4, -0.2) is 40.1 Å². The molecule has 0 bridgehead atoms. The largest absolute Gasteiger partial charge is 0.321 e. The van der Waals surface area contributed by atoms with E-state index in [2.05, 4.69) is 16.0 Å². The average Bonchev–Trinajstić information content (AvgIpc) is 4.13. The number of carbonyl (C=O) groups is 6. The quantitative estimate of drug-likeness (QED) is 0.106. The zero-order valence-corrected chi connectivity index (χ0v) is 40.0. The number of Topliss-reactive ketones (excluding diaryl/α,β-unsaturated/α-hetero) is 3. The average molecular weight is 1000 g/mol. The summed E-state index contributed by atoms with van der Waals surface area (Å²) in [5, 5.41) is 11.0. The van der Waals surface area contributed by atoms with E-state index in [1.807, 2.05) is 0 Å². The topological polar surface area (TPSA) is 215 Å². The van der Waals surface area contributed by atoms with Gasteiger partial charge in [0.05, 0.1) is 67.1 Å². The number of benzene rings is 10. The van der Waals surface area contributed by atoms with Crippen LogP contribution in [0.3, 0.4) is 0 Å². The molecule has 14 rings (SSSR count). The molecular weight excluding hydrogens is 971 g/mol. The molecule has 14 heteroatoms. The molecule has 0 saturated carbocycles. The Kier molecular flexibility index (Phi) is 9.71. The van der Waals surface area contributed by atoms with Crippen LogP contribution in [0.5, 0.6) is 0 Å². The van der Waals surface area contributed by atoms with Gasteiger partial charge in [-0.2, -0.15) is 0 Å². The van der Waals surface area contributed by atoms with Gasteiger partial charge in [0.1, 0.15) is 5.78 Å². The normalized spacial score (nSPS) is 13.6. The third kappa shape index (κ3) is 6.71. The van der Waals surface area contributed by atoms with Crippen molar-refractivity contribution in [3.63, 3.8) is 0 Å². The molecule has 0 radical (unpaired) electrons. The summed E-state index contributed by atoms with van der Waals surface area (Å²) in [4.78, 5) is 137. The summed E-state index contributed by atoms with van der Waals surface area (Å²) in [6.45, 7) is 0. The van der Waals surface area contributed by atoms with E-state index >= 15 is 14.4 Å². The number of rotatable bonds is 6. The van der Waals surface area contributed by atoms with Crippen LogP contribution >= 0.6 is 0 Å². The molecule has 2 aliphatic carbocycles. The fourth-order valence-electron chi connectivity index (χ4n) is 11.3. The first kappa shape index (κ1) is 44.9. The van der Waals surface area contributed by atoms with Crippen LogP contribution in [0.15, 0.2) is 182 Å². The van der Waals surface area contributed by atoms with E-state index in [9.17, 15) is 28.8 Å². The van der Waals surface area contributed by atoms with E-state index in [0.717, 1.165) is 0 Å². The highest BCUT2D eigenvalue weighted by Crippen LogP contribution is 2.43. The zero-order valence-electron chi connectivity index (χ0n) is 40.0. The Hall–Kier alpha value is -10.7. The van der Waals surface area contributed by atoms with Gasteiger partial charge in [0.25, 0.3) is 17.7 Å². The first-order valence-electron chi connectivity index (χ1n) is 24.5. The number of ketones is 3. The van der Waals surface area contributed by atoms with Crippen LogP contribution in [0.25, 0.3) is 82.1 Å². The lowest BCUT2D eigenvalue weighted by atomic mass is 9.81. The van der Waals surface area contributed by atoms with Crippen molar-refractivity contribution in [1.29, 1.82) is 0 Å². The molecule has 0 saturated heterocycles. The smallest absolute Gasteiger partial charge is 0.255 e. The summed E-state index contributed by atoms with van der Waals surface area (Å²) in [7, 11) is 0. The minimum atomic E-state index is -0.670. The minimum Gasteiger partial charge on any atom is -0.321 e. The van der Waals surface area contributed by atoms with Gasteiger partial charge in [-0.25, -0.2) is 9.98 Å². The van der Waals surface area contributed by atoms with E-state index in [1.165, 1.54) is 18.2 Å². The van der Waals surface area contributed by atoms with Crippen molar-refractivity contribution < 1.29 is 28.8 Å². The Morgan fingerprint density at radius 1 is 0.429 bits per heavy atom. The molecule has 2 heterocycles. The van der Waals surface area contributed by atoms with Crippen molar-refractivity contribution in [2.45, 2.75) is 12.8 Å². The third-order valence-electron chi connectivity index (χ3n) is 14.9. The maximum Gasteiger partial charge on any atom is 0.255 e. The van der Waals surface area contributed by atoms with Crippen molar-refractivity contribution in [3.8, 4) is 11.1 Å². The van der Waals surface area contributed by atoms with E-state index in [0.29, 0.717) is 65.6 Å². The maximum absolute atomic E-state index is 15.5. The molecular formula is C63H33N5O9. The number of allylic oxidation sites excluding steroid dienone is 2. The van der Waals surface area contributed by atoms with Crippen molar-refractivity contribution in [1.82, 2.24) is 4.98 Å². The Morgan fingerprint density at radius 3 is 1.61 bits per heavy atom. The molecule has 364 valence electrons. The lowest BCUT2D eigenvalue weighted by Crippen LogP contribution is -2.37. The van der Waals surface area contributed by atoms with E-state index in [4.69, 9.17) is 9.98 Å². The molecule has 14 nitrogen and oxygen atoms in total. The summed E-state index contributed by atoms with van der Waals surface area (Å²) >= 11 is 0. The van der Waals surface area contributed by atoms with Crippen LogP contribution in [0, 0.1) is 0 Å². The molecule has 1 aliphatic heterocycles. The van der Waals surface area contributed by atoms with Gasteiger partial charge in [-0.3, -0.25) is 43.2 Å². The van der Waals surface area contributed by atoms with Gasteiger partial charge >= 0.3 is 0 Å². The van der Waals surface area contributed by atoms with Gasteiger partial charge in [-0.05, 0) is 84.9 Å². The highest BCUT2D eigenvalue weighted by Gasteiger charge is 2.34. The summed E-state index contributed by atoms with van der Waals surface area (Å²) in [6, 6.07) is 41.5. The number of amides is 3. The van der Waals surface area contributed by atoms with Gasteiger partial charge in [0, 0.05) is 88.5 Å². The zero-order chi connectivity index (χ0) is 52.5. The molecule has 0 atom stereocenters. The molecule has 3 N–H and O–H groups in total. The van der Waals surface area contributed by atoms with E-state index in [-0.39, 0.29) is 95.7 Å². The Morgan fingerprint density at radius 2 is 0.974 bits per heavy atom. The van der Waals surface area contributed by atoms with Gasteiger partial charge < -0.3 is 16.0 Å². The second-order valence-electron chi connectivity index (χ2n) is 19.2. The van der Waals surface area contributed by atoms with Crippen molar-refractivity contribution in [2.24, 2.45) is 4.99 Å². The number of hydrogen-bond acceptors (Lipinski definition) is 11. The number of fused-ring (bicyclic) bond motifs is 15.